The number of benzene rings is 1. The molecular formula is C15H23N3O. The second-order valence-electron chi connectivity index (χ2n) is 4.93. The lowest BCUT2D eigenvalue weighted by Crippen LogP contribution is -2.51. The van der Waals surface area contributed by atoms with Gasteiger partial charge in [-0.05, 0) is 32.2 Å². The molecular weight excluding hydrogens is 238 g/mol. The van der Waals surface area contributed by atoms with Crippen molar-refractivity contribution in [3.05, 3.63) is 35.9 Å². The van der Waals surface area contributed by atoms with Gasteiger partial charge < -0.3 is 15.6 Å². The van der Waals surface area contributed by atoms with E-state index in [0.717, 1.165) is 25.9 Å². The van der Waals surface area contributed by atoms with Crippen LogP contribution < -0.4 is 5.32 Å². The lowest BCUT2D eigenvalue weighted by Gasteiger charge is -2.41. The Labute approximate surface area is 115 Å². The average molecular weight is 261 g/mol. The summed E-state index contributed by atoms with van der Waals surface area (Å²) in [6.45, 7) is 6.15. The second kappa shape index (κ2) is 7.04. The fourth-order valence-corrected chi connectivity index (χ4v) is 2.58. The molecule has 1 heterocycles. The number of likely N-dealkylation sites (tertiary alicyclic amines) is 1. The monoisotopic (exact) mass is 261 g/mol. The summed E-state index contributed by atoms with van der Waals surface area (Å²) in [5.74, 6) is 0.0541. The molecule has 4 nitrogen and oxygen atoms in total. The van der Waals surface area contributed by atoms with Crippen molar-refractivity contribution in [2.75, 3.05) is 20.1 Å². The SMILES string of the molecule is C=N.CC(=O)NC1(c2ccccc2)CCN(C)CC1. The van der Waals surface area contributed by atoms with Crippen molar-refractivity contribution in [1.82, 2.24) is 10.2 Å². The molecule has 19 heavy (non-hydrogen) atoms. The van der Waals surface area contributed by atoms with Crippen LogP contribution in [0.3, 0.4) is 0 Å². The standard InChI is InChI=1S/C14H20N2O.CH3N/c1-12(17)15-14(8-10-16(2)11-9-14)13-6-4-3-5-7-13;1-2/h3-7H,8-11H2,1-2H3,(H,15,17);2H,1H2. The molecule has 104 valence electrons. The first-order chi connectivity index (χ1) is 9.12. The number of piperidine rings is 1. The Morgan fingerprint density at radius 2 is 1.79 bits per heavy atom. The fourth-order valence-electron chi connectivity index (χ4n) is 2.58. The first-order valence-electron chi connectivity index (χ1n) is 6.51. The number of rotatable bonds is 2. The molecule has 2 N–H and O–H groups in total. The minimum atomic E-state index is -0.167. The van der Waals surface area contributed by atoms with Gasteiger partial charge in [0.15, 0.2) is 0 Å². The van der Waals surface area contributed by atoms with Crippen LogP contribution in [-0.4, -0.2) is 37.7 Å². The number of carbonyl (C=O) groups excluding carboxylic acids is 1. The van der Waals surface area contributed by atoms with E-state index in [4.69, 9.17) is 5.41 Å². The van der Waals surface area contributed by atoms with Crippen LogP contribution in [0, 0.1) is 5.41 Å². The maximum atomic E-state index is 11.4. The molecule has 1 aliphatic rings. The average Bonchev–Trinajstić information content (AvgIpc) is 2.44. The zero-order chi connectivity index (χ0) is 14.3. The molecule has 1 aliphatic heterocycles. The van der Waals surface area contributed by atoms with E-state index in [1.165, 1.54) is 5.56 Å². The minimum absolute atomic E-state index is 0.0541. The molecule has 1 saturated heterocycles. The van der Waals surface area contributed by atoms with Gasteiger partial charge >= 0.3 is 0 Å². The number of nitrogens with zero attached hydrogens (tertiary/aromatic N) is 1. The molecule has 1 fully saturated rings. The zero-order valence-corrected chi connectivity index (χ0v) is 11.8. The van der Waals surface area contributed by atoms with Crippen LogP contribution in [0.25, 0.3) is 0 Å². The third kappa shape index (κ3) is 3.89. The van der Waals surface area contributed by atoms with Crippen LogP contribution in [0.15, 0.2) is 30.3 Å². The Morgan fingerprint density at radius 1 is 1.26 bits per heavy atom. The molecule has 2 rings (SSSR count). The van der Waals surface area contributed by atoms with Gasteiger partial charge in [0.25, 0.3) is 0 Å². The highest BCUT2D eigenvalue weighted by Gasteiger charge is 2.35. The van der Waals surface area contributed by atoms with Crippen molar-refractivity contribution in [1.29, 1.82) is 5.41 Å². The maximum Gasteiger partial charge on any atom is 0.217 e. The van der Waals surface area contributed by atoms with Gasteiger partial charge in [-0.3, -0.25) is 4.79 Å². The van der Waals surface area contributed by atoms with Gasteiger partial charge in [0, 0.05) is 20.0 Å². The molecule has 0 bridgehead atoms. The van der Waals surface area contributed by atoms with Gasteiger partial charge in [0.1, 0.15) is 0 Å². The lowest BCUT2D eigenvalue weighted by atomic mass is 9.81. The molecule has 1 aromatic carbocycles. The summed E-state index contributed by atoms with van der Waals surface area (Å²) in [4.78, 5) is 13.8. The van der Waals surface area contributed by atoms with Crippen molar-refractivity contribution in [2.24, 2.45) is 0 Å². The third-order valence-corrected chi connectivity index (χ3v) is 3.58. The van der Waals surface area contributed by atoms with Gasteiger partial charge in [-0.1, -0.05) is 30.3 Å². The summed E-state index contributed by atoms with van der Waals surface area (Å²) >= 11 is 0. The summed E-state index contributed by atoms with van der Waals surface area (Å²) < 4.78 is 0. The summed E-state index contributed by atoms with van der Waals surface area (Å²) in [6, 6.07) is 10.3. The summed E-state index contributed by atoms with van der Waals surface area (Å²) in [6.07, 6.45) is 1.96. The van der Waals surface area contributed by atoms with Gasteiger partial charge in [0.2, 0.25) is 5.91 Å². The molecule has 1 amide bonds. The molecule has 0 aliphatic carbocycles. The molecule has 0 radical (unpaired) electrons. The van der Waals surface area contributed by atoms with Gasteiger partial charge in [-0.2, -0.15) is 0 Å². The Kier molecular flexibility index (Phi) is 5.70. The smallest absolute Gasteiger partial charge is 0.217 e. The van der Waals surface area contributed by atoms with Crippen LogP contribution in [0.5, 0.6) is 0 Å². The number of nitrogens with one attached hydrogen (secondary N) is 2. The van der Waals surface area contributed by atoms with E-state index in [-0.39, 0.29) is 11.4 Å². The van der Waals surface area contributed by atoms with Crippen molar-refractivity contribution in [2.45, 2.75) is 25.3 Å². The quantitative estimate of drug-likeness (QED) is 0.800. The van der Waals surface area contributed by atoms with Gasteiger partial charge in [-0.25, -0.2) is 0 Å². The highest BCUT2D eigenvalue weighted by molar-refractivity contribution is 5.74. The van der Waals surface area contributed by atoms with Crippen LogP contribution >= 0.6 is 0 Å². The normalized spacial score (nSPS) is 18.0. The molecule has 0 aromatic heterocycles. The van der Waals surface area contributed by atoms with E-state index in [9.17, 15) is 4.79 Å². The van der Waals surface area contributed by atoms with E-state index in [2.05, 4.69) is 36.1 Å². The molecule has 0 unspecified atom stereocenters. The largest absolute Gasteiger partial charge is 0.347 e. The van der Waals surface area contributed by atoms with E-state index in [0.29, 0.717) is 0 Å². The van der Waals surface area contributed by atoms with Crippen LogP contribution in [0.2, 0.25) is 0 Å². The predicted molar refractivity (Wildman–Crippen MR) is 78.5 cm³/mol. The summed E-state index contributed by atoms with van der Waals surface area (Å²) in [5.41, 5.74) is 1.06. The third-order valence-electron chi connectivity index (χ3n) is 3.58. The predicted octanol–water partition coefficient (Wildman–Crippen LogP) is 2.01. The van der Waals surface area contributed by atoms with Gasteiger partial charge in [0.05, 0.1) is 5.54 Å². The van der Waals surface area contributed by atoms with Gasteiger partial charge in [-0.15, -0.1) is 0 Å². The van der Waals surface area contributed by atoms with Crippen molar-refractivity contribution in [3.8, 4) is 0 Å². The topological polar surface area (TPSA) is 56.2 Å². The molecule has 0 saturated carbocycles. The first-order valence-corrected chi connectivity index (χ1v) is 6.51. The van der Waals surface area contributed by atoms with E-state index in [1.807, 2.05) is 18.2 Å². The summed E-state index contributed by atoms with van der Waals surface area (Å²) in [7, 11) is 2.13. The van der Waals surface area contributed by atoms with Crippen LogP contribution in [-0.2, 0) is 10.3 Å². The van der Waals surface area contributed by atoms with Crippen molar-refractivity contribution >= 4 is 12.6 Å². The van der Waals surface area contributed by atoms with E-state index < -0.39 is 0 Å². The lowest BCUT2D eigenvalue weighted by molar-refractivity contribution is -0.121. The number of hydrogen-bond donors (Lipinski definition) is 2. The Hall–Kier alpha value is -1.68. The van der Waals surface area contributed by atoms with E-state index >= 15 is 0 Å². The Balaban J connectivity index is 0.000000861. The Bertz CT molecular complexity index is 397. The van der Waals surface area contributed by atoms with E-state index in [1.54, 1.807) is 6.92 Å². The molecule has 1 aromatic rings. The van der Waals surface area contributed by atoms with Crippen LogP contribution in [0.1, 0.15) is 25.3 Å². The molecule has 4 heteroatoms. The highest BCUT2D eigenvalue weighted by Crippen LogP contribution is 2.32. The minimum Gasteiger partial charge on any atom is -0.347 e. The highest BCUT2D eigenvalue weighted by atomic mass is 16.1. The Morgan fingerprint density at radius 3 is 2.26 bits per heavy atom. The van der Waals surface area contributed by atoms with Crippen molar-refractivity contribution < 1.29 is 4.79 Å². The first kappa shape index (κ1) is 15.4. The van der Waals surface area contributed by atoms with Crippen molar-refractivity contribution in [3.63, 3.8) is 0 Å². The second-order valence-corrected chi connectivity index (χ2v) is 4.93. The molecule has 0 spiro atoms. The summed E-state index contributed by atoms with van der Waals surface area (Å²) in [5, 5.41) is 8.67. The van der Waals surface area contributed by atoms with Crippen LogP contribution in [0.4, 0.5) is 0 Å². The maximum absolute atomic E-state index is 11.4. The number of hydrogen-bond acceptors (Lipinski definition) is 3. The molecule has 0 atom stereocenters. The number of amides is 1. The number of carbonyl (C=O) groups is 1. The fraction of sp³-hybridized carbons (Fsp3) is 0.467. The zero-order valence-electron chi connectivity index (χ0n) is 11.8.